The Labute approximate surface area is 99.2 Å². The van der Waals surface area contributed by atoms with Gasteiger partial charge in [-0.1, -0.05) is 28.9 Å². The number of hydrogen-bond donors (Lipinski definition) is 0. The topological polar surface area (TPSA) is 27.1 Å². The minimum absolute atomic E-state index is 0.842. The van der Waals surface area contributed by atoms with Gasteiger partial charge < -0.3 is 4.74 Å². The second kappa shape index (κ2) is 6.67. The molecule has 1 aromatic heterocycles. The molecule has 0 aliphatic carbocycles. The zero-order valence-electron chi connectivity index (χ0n) is 9.24. The molecule has 0 aliphatic heterocycles. The van der Waals surface area contributed by atoms with E-state index in [1.165, 1.54) is 0 Å². The Morgan fingerprint density at radius 3 is 3.00 bits per heavy atom. The first-order valence-electron chi connectivity index (χ1n) is 5.15. The maximum absolute atomic E-state index is 5.26. The van der Waals surface area contributed by atoms with Gasteiger partial charge in [0.05, 0.1) is 13.3 Å². The smallest absolute Gasteiger partial charge is 0.164 e. The molecule has 1 rings (SSSR count). The van der Waals surface area contributed by atoms with Crippen molar-refractivity contribution >= 4 is 22.0 Å². The lowest BCUT2D eigenvalue weighted by Crippen LogP contribution is -2.01. The number of halogens is 1. The summed E-state index contributed by atoms with van der Waals surface area (Å²) >= 11 is 3.39. The second-order valence-corrected chi connectivity index (χ2v) is 3.99. The highest BCUT2D eigenvalue weighted by Gasteiger charge is 2.06. The first-order valence-corrected chi connectivity index (χ1v) is 6.28. The van der Waals surface area contributed by atoms with E-state index in [4.69, 9.17) is 4.74 Å². The molecular weight excluding hydrogens is 256 g/mol. The van der Waals surface area contributed by atoms with E-state index >= 15 is 0 Å². The highest BCUT2D eigenvalue weighted by atomic mass is 79.9. The van der Waals surface area contributed by atoms with Gasteiger partial charge in [-0.3, -0.25) is 4.68 Å². The van der Waals surface area contributed by atoms with Crippen LogP contribution in [0, 0.1) is 0 Å². The molecule has 0 fully saturated rings. The second-order valence-electron chi connectivity index (χ2n) is 3.20. The fourth-order valence-corrected chi connectivity index (χ4v) is 1.62. The van der Waals surface area contributed by atoms with E-state index in [0.29, 0.717) is 0 Å². The van der Waals surface area contributed by atoms with Gasteiger partial charge in [-0.15, -0.1) is 0 Å². The summed E-state index contributed by atoms with van der Waals surface area (Å²) in [4.78, 5) is 0. The molecule has 0 unspecified atom stereocenters. The van der Waals surface area contributed by atoms with Crippen LogP contribution in [0.4, 0.5) is 0 Å². The van der Waals surface area contributed by atoms with Crippen LogP contribution in [-0.4, -0.2) is 22.2 Å². The molecule has 0 aromatic carbocycles. The largest absolute Gasteiger partial charge is 0.493 e. The fraction of sp³-hybridized carbons (Fsp3) is 0.545. The van der Waals surface area contributed by atoms with Gasteiger partial charge in [-0.05, 0) is 18.9 Å². The van der Waals surface area contributed by atoms with Crippen LogP contribution in [-0.2, 0) is 6.54 Å². The minimum Gasteiger partial charge on any atom is -0.493 e. The molecule has 0 saturated heterocycles. The first kappa shape index (κ1) is 12.3. The number of rotatable bonds is 6. The maximum Gasteiger partial charge on any atom is 0.164 e. The molecule has 15 heavy (non-hydrogen) atoms. The Morgan fingerprint density at radius 1 is 1.60 bits per heavy atom. The molecule has 0 N–H and O–H groups in total. The number of allylic oxidation sites excluding steroid dienone is 1. The molecule has 4 heteroatoms. The molecule has 0 bridgehead atoms. The monoisotopic (exact) mass is 272 g/mol. The predicted molar refractivity (Wildman–Crippen MR) is 66.5 cm³/mol. The first-order chi connectivity index (χ1) is 7.33. The molecular formula is C11H17BrN2O. The van der Waals surface area contributed by atoms with Gasteiger partial charge in [0.2, 0.25) is 0 Å². The molecule has 1 heterocycles. The van der Waals surface area contributed by atoms with Crippen LogP contribution in [0.3, 0.4) is 0 Å². The molecule has 0 spiro atoms. The van der Waals surface area contributed by atoms with E-state index in [1.807, 2.05) is 4.68 Å². The number of hydrogen-bond acceptors (Lipinski definition) is 2. The number of nitrogens with zero attached hydrogens (tertiary/aromatic N) is 2. The van der Waals surface area contributed by atoms with Gasteiger partial charge in [0.1, 0.15) is 5.69 Å². The number of ether oxygens (including phenoxy) is 1. The molecule has 3 nitrogen and oxygen atoms in total. The van der Waals surface area contributed by atoms with Crippen molar-refractivity contribution in [2.24, 2.45) is 0 Å². The zero-order valence-corrected chi connectivity index (χ0v) is 10.8. The average molecular weight is 273 g/mol. The van der Waals surface area contributed by atoms with Gasteiger partial charge in [0, 0.05) is 11.9 Å². The zero-order chi connectivity index (χ0) is 11.1. The molecule has 0 radical (unpaired) electrons. The summed E-state index contributed by atoms with van der Waals surface area (Å²) < 4.78 is 7.23. The average Bonchev–Trinajstić information content (AvgIpc) is 2.62. The Bertz CT molecular complexity index is 320. The summed E-state index contributed by atoms with van der Waals surface area (Å²) in [5.41, 5.74) is 1.06. The quantitative estimate of drug-likeness (QED) is 0.745. The normalized spacial score (nSPS) is 11.1. The third kappa shape index (κ3) is 3.38. The predicted octanol–water partition coefficient (Wildman–Crippen LogP) is 3.10. The van der Waals surface area contributed by atoms with Crippen molar-refractivity contribution in [3.05, 3.63) is 18.0 Å². The van der Waals surface area contributed by atoms with Crippen LogP contribution >= 0.6 is 15.9 Å². The lowest BCUT2D eigenvalue weighted by Gasteiger charge is -2.03. The van der Waals surface area contributed by atoms with Crippen LogP contribution < -0.4 is 4.74 Å². The summed E-state index contributed by atoms with van der Waals surface area (Å²) in [7, 11) is 1.68. The summed E-state index contributed by atoms with van der Waals surface area (Å²) in [5, 5.41) is 5.26. The molecule has 0 aliphatic rings. The van der Waals surface area contributed by atoms with E-state index in [0.717, 1.165) is 36.2 Å². The SMILES string of the molecule is CCCn1ncc(OC)c1/C=C/CCBr. The molecule has 84 valence electrons. The van der Waals surface area contributed by atoms with Crippen molar-refractivity contribution in [3.8, 4) is 5.75 Å². The van der Waals surface area contributed by atoms with Crippen LogP contribution in [0.25, 0.3) is 6.08 Å². The van der Waals surface area contributed by atoms with Gasteiger partial charge in [-0.25, -0.2) is 0 Å². The summed E-state index contributed by atoms with van der Waals surface area (Å²) in [6.45, 7) is 3.07. The Balaban J connectivity index is 2.84. The Morgan fingerprint density at radius 2 is 2.40 bits per heavy atom. The molecule has 1 aromatic rings. The Kier molecular flexibility index (Phi) is 5.47. The van der Waals surface area contributed by atoms with Crippen molar-refractivity contribution < 1.29 is 4.74 Å². The van der Waals surface area contributed by atoms with Gasteiger partial charge in [0.25, 0.3) is 0 Å². The van der Waals surface area contributed by atoms with Gasteiger partial charge in [-0.2, -0.15) is 5.10 Å². The Hall–Kier alpha value is -0.770. The maximum atomic E-state index is 5.26. The van der Waals surface area contributed by atoms with Gasteiger partial charge >= 0.3 is 0 Å². The van der Waals surface area contributed by atoms with Crippen molar-refractivity contribution in [3.63, 3.8) is 0 Å². The third-order valence-electron chi connectivity index (χ3n) is 2.05. The fourth-order valence-electron chi connectivity index (χ4n) is 1.35. The summed E-state index contributed by atoms with van der Waals surface area (Å²) in [6, 6.07) is 0. The number of alkyl halides is 1. The van der Waals surface area contributed by atoms with Crippen molar-refractivity contribution in [1.29, 1.82) is 0 Å². The van der Waals surface area contributed by atoms with Crippen molar-refractivity contribution in [1.82, 2.24) is 9.78 Å². The lowest BCUT2D eigenvalue weighted by molar-refractivity contribution is 0.412. The van der Waals surface area contributed by atoms with E-state index in [-0.39, 0.29) is 0 Å². The van der Waals surface area contributed by atoms with Crippen LogP contribution in [0.5, 0.6) is 5.75 Å². The third-order valence-corrected chi connectivity index (χ3v) is 2.51. The van der Waals surface area contributed by atoms with E-state index in [2.05, 4.69) is 40.1 Å². The molecule has 0 atom stereocenters. The van der Waals surface area contributed by atoms with Crippen molar-refractivity contribution in [2.75, 3.05) is 12.4 Å². The van der Waals surface area contributed by atoms with E-state index < -0.39 is 0 Å². The minimum atomic E-state index is 0.842. The highest BCUT2D eigenvalue weighted by molar-refractivity contribution is 9.09. The van der Waals surface area contributed by atoms with Gasteiger partial charge in [0.15, 0.2) is 5.75 Å². The summed E-state index contributed by atoms with van der Waals surface area (Å²) in [5.74, 6) is 0.842. The number of aromatic nitrogens is 2. The van der Waals surface area contributed by atoms with Crippen LogP contribution in [0.2, 0.25) is 0 Å². The molecule has 0 amide bonds. The van der Waals surface area contributed by atoms with E-state index in [9.17, 15) is 0 Å². The van der Waals surface area contributed by atoms with Crippen LogP contribution in [0.1, 0.15) is 25.5 Å². The summed E-state index contributed by atoms with van der Waals surface area (Å²) in [6.07, 6.45) is 8.05. The number of aryl methyl sites for hydroxylation is 1. The van der Waals surface area contributed by atoms with Crippen LogP contribution in [0.15, 0.2) is 12.3 Å². The highest BCUT2D eigenvalue weighted by Crippen LogP contribution is 2.19. The molecule has 0 saturated carbocycles. The van der Waals surface area contributed by atoms with Crippen molar-refractivity contribution in [2.45, 2.75) is 26.3 Å². The van der Waals surface area contributed by atoms with E-state index in [1.54, 1.807) is 13.3 Å². The standard InChI is InChI=1S/C11H17BrN2O/c1-3-8-14-10(6-4-5-7-12)11(15-2)9-13-14/h4,6,9H,3,5,7-8H2,1-2H3/b6-4+. The lowest BCUT2D eigenvalue weighted by atomic mass is 10.3. The number of methoxy groups -OCH3 is 1.